The average molecular weight is 397 g/mol. The van der Waals surface area contributed by atoms with Gasteiger partial charge in [-0.1, -0.05) is 42.5 Å². The highest BCUT2D eigenvalue weighted by Gasteiger charge is 2.18. The Morgan fingerprint density at radius 2 is 1.83 bits per heavy atom. The van der Waals surface area contributed by atoms with E-state index in [0.29, 0.717) is 19.4 Å². The van der Waals surface area contributed by atoms with Crippen LogP contribution in [0.4, 0.5) is 0 Å². The number of hydrogen-bond donors (Lipinski definition) is 0. The average Bonchev–Trinajstić information content (AvgIpc) is 3.13. The molecular formula is C24H23N5O. The number of benzene rings is 2. The third kappa shape index (κ3) is 3.74. The van der Waals surface area contributed by atoms with Crippen molar-refractivity contribution in [2.24, 2.45) is 0 Å². The van der Waals surface area contributed by atoms with Crippen LogP contribution in [0.15, 0.2) is 54.6 Å². The van der Waals surface area contributed by atoms with E-state index in [1.54, 1.807) is 4.90 Å². The molecular weight excluding hydrogens is 374 g/mol. The summed E-state index contributed by atoms with van der Waals surface area (Å²) in [4.78, 5) is 19.2. The molecule has 30 heavy (non-hydrogen) atoms. The molecule has 0 aliphatic carbocycles. The molecule has 0 aliphatic heterocycles. The summed E-state index contributed by atoms with van der Waals surface area (Å²) in [6.07, 6.45) is 0.885. The smallest absolute Gasteiger partial charge is 0.224 e. The van der Waals surface area contributed by atoms with Crippen LogP contribution >= 0.6 is 0 Å². The van der Waals surface area contributed by atoms with Crippen LogP contribution in [0.3, 0.4) is 0 Å². The van der Waals surface area contributed by atoms with Gasteiger partial charge in [0.15, 0.2) is 5.65 Å². The standard InChI is InChI=1S/C24H23N5O/c1-17-20(18(2)29-24(26-17)21-10-6-7-11-22(21)27-29)12-13-23(30)28(15-14-25)16-19-8-4-3-5-9-19/h3-11H,12-13,15-16H2,1-2H3. The Labute approximate surface area is 175 Å². The maximum Gasteiger partial charge on any atom is 0.224 e. The second-order valence-electron chi connectivity index (χ2n) is 7.41. The molecule has 0 saturated heterocycles. The molecule has 0 aliphatic rings. The van der Waals surface area contributed by atoms with Crippen LogP contribution in [-0.2, 0) is 17.8 Å². The van der Waals surface area contributed by atoms with Gasteiger partial charge in [0, 0.05) is 29.7 Å². The minimum atomic E-state index is -0.0371. The van der Waals surface area contributed by atoms with E-state index in [0.717, 1.165) is 39.1 Å². The molecule has 0 unspecified atom stereocenters. The fourth-order valence-corrected chi connectivity index (χ4v) is 3.85. The summed E-state index contributed by atoms with van der Waals surface area (Å²) < 4.78 is 1.87. The monoisotopic (exact) mass is 397 g/mol. The van der Waals surface area contributed by atoms with Gasteiger partial charge in [0.1, 0.15) is 6.54 Å². The molecule has 1 amide bonds. The van der Waals surface area contributed by atoms with Crippen LogP contribution in [0, 0.1) is 25.2 Å². The van der Waals surface area contributed by atoms with E-state index in [9.17, 15) is 4.79 Å². The number of nitrogens with zero attached hydrogens (tertiary/aromatic N) is 5. The molecule has 2 aromatic heterocycles. The Morgan fingerprint density at radius 3 is 2.60 bits per heavy atom. The molecule has 0 spiro atoms. The lowest BCUT2D eigenvalue weighted by atomic mass is 10.1. The molecule has 0 saturated carbocycles. The molecule has 6 nitrogen and oxygen atoms in total. The van der Waals surface area contributed by atoms with Crippen molar-refractivity contribution in [2.75, 3.05) is 6.54 Å². The molecule has 4 rings (SSSR count). The second kappa shape index (κ2) is 8.34. The summed E-state index contributed by atoms with van der Waals surface area (Å²) >= 11 is 0. The zero-order valence-corrected chi connectivity index (χ0v) is 17.2. The predicted molar refractivity (Wildman–Crippen MR) is 116 cm³/mol. The van der Waals surface area contributed by atoms with Gasteiger partial charge in [-0.05, 0) is 43.5 Å². The van der Waals surface area contributed by atoms with Gasteiger partial charge in [-0.15, -0.1) is 0 Å². The number of fused-ring (bicyclic) bond motifs is 3. The number of nitriles is 1. The van der Waals surface area contributed by atoms with Gasteiger partial charge < -0.3 is 4.90 Å². The highest BCUT2D eigenvalue weighted by molar-refractivity contribution is 5.92. The van der Waals surface area contributed by atoms with E-state index >= 15 is 0 Å². The molecule has 0 bridgehead atoms. The van der Waals surface area contributed by atoms with Crippen molar-refractivity contribution >= 4 is 22.5 Å². The van der Waals surface area contributed by atoms with E-state index in [-0.39, 0.29) is 12.5 Å². The first-order chi connectivity index (χ1) is 14.6. The normalized spacial score (nSPS) is 11.0. The van der Waals surface area contributed by atoms with Crippen LogP contribution in [0.25, 0.3) is 16.6 Å². The molecule has 150 valence electrons. The van der Waals surface area contributed by atoms with Crippen LogP contribution < -0.4 is 0 Å². The SMILES string of the molecule is Cc1nc2c3ccccc3nn2c(C)c1CCC(=O)N(CC#N)Cc1ccccc1. The molecule has 0 radical (unpaired) electrons. The van der Waals surface area contributed by atoms with E-state index in [4.69, 9.17) is 10.2 Å². The first-order valence-electron chi connectivity index (χ1n) is 10.0. The fraction of sp³-hybridized carbons (Fsp3) is 0.250. The molecule has 0 N–H and O–H groups in total. The predicted octanol–water partition coefficient (Wildman–Crippen LogP) is 3.98. The van der Waals surface area contributed by atoms with Gasteiger partial charge in [0.05, 0.1) is 11.6 Å². The van der Waals surface area contributed by atoms with E-state index in [1.165, 1.54) is 0 Å². The number of aryl methyl sites for hydroxylation is 2. The van der Waals surface area contributed by atoms with Gasteiger partial charge in [-0.25, -0.2) is 9.50 Å². The van der Waals surface area contributed by atoms with Gasteiger partial charge in [-0.3, -0.25) is 4.79 Å². The lowest BCUT2D eigenvalue weighted by molar-refractivity contribution is -0.131. The first kappa shape index (κ1) is 19.6. The topological polar surface area (TPSA) is 74.3 Å². The van der Waals surface area contributed by atoms with Crippen molar-refractivity contribution in [3.05, 3.63) is 77.1 Å². The Balaban J connectivity index is 1.57. The maximum absolute atomic E-state index is 12.9. The van der Waals surface area contributed by atoms with Crippen molar-refractivity contribution in [2.45, 2.75) is 33.2 Å². The Hall–Kier alpha value is -3.72. The maximum atomic E-state index is 12.9. The van der Waals surface area contributed by atoms with E-state index < -0.39 is 0 Å². The van der Waals surface area contributed by atoms with Gasteiger partial charge in [-0.2, -0.15) is 10.4 Å². The van der Waals surface area contributed by atoms with Crippen molar-refractivity contribution in [1.29, 1.82) is 5.26 Å². The Kier molecular flexibility index (Phi) is 5.44. The minimum absolute atomic E-state index is 0.0371. The zero-order chi connectivity index (χ0) is 21.1. The zero-order valence-electron chi connectivity index (χ0n) is 17.2. The van der Waals surface area contributed by atoms with Crippen molar-refractivity contribution in [3.63, 3.8) is 0 Å². The largest absolute Gasteiger partial charge is 0.325 e. The number of carbonyl (C=O) groups is 1. The van der Waals surface area contributed by atoms with E-state index in [1.807, 2.05) is 73.0 Å². The highest BCUT2D eigenvalue weighted by atomic mass is 16.2. The third-order valence-corrected chi connectivity index (χ3v) is 5.44. The van der Waals surface area contributed by atoms with Gasteiger partial charge >= 0.3 is 0 Å². The van der Waals surface area contributed by atoms with Crippen molar-refractivity contribution < 1.29 is 4.79 Å². The fourth-order valence-electron chi connectivity index (χ4n) is 3.85. The van der Waals surface area contributed by atoms with Crippen LogP contribution in [0.1, 0.15) is 28.9 Å². The number of aromatic nitrogens is 3. The molecule has 6 heteroatoms. The molecule has 2 aromatic carbocycles. The summed E-state index contributed by atoms with van der Waals surface area (Å²) in [6, 6.07) is 19.8. The number of amides is 1. The Morgan fingerprint density at radius 1 is 1.10 bits per heavy atom. The van der Waals surface area contributed by atoms with Crippen LogP contribution in [-0.4, -0.2) is 31.9 Å². The Bertz CT molecular complexity index is 1250. The third-order valence-electron chi connectivity index (χ3n) is 5.44. The van der Waals surface area contributed by atoms with Gasteiger partial charge in [0.25, 0.3) is 0 Å². The summed E-state index contributed by atoms with van der Waals surface area (Å²) in [6.45, 7) is 4.51. The first-order valence-corrected chi connectivity index (χ1v) is 10.0. The summed E-state index contributed by atoms with van der Waals surface area (Å²) in [5, 5.41) is 14.9. The lowest BCUT2D eigenvalue weighted by Gasteiger charge is -2.20. The van der Waals surface area contributed by atoms with E-state index in [2.05, 4.69) is 11.2 Å². The second-order valence-corrected chi connectivity index (χ2v) is 7.41. The van der Waals surface area contributed by atoms with Crippen molar-refractivity contribution in [3.8, 4) is 6.07 Å². The highest BCUT2D eigenvalue weighted by Crippen LogP contribution is 2.23. The quantitative estimate of drug-likeness (QED) is 0.461. The van der Waals surface area contributed by atoms with Gasteiger partial charge in [0.2, 0.25) is 5.91 Å². The molecule has 4 aromatic rings. The number of rotatable bonds is 6. The van der Waals surface area contributed by atoms with Crippen LogP contribution in [0.2, 0.25) is 0 Å². The minimum Gasteiger partial charge on any atom is -0.325 e. The summed E-state index contributed by atoms with van der Waals surface area (Å²) in [5.41, 5.74) is 5.69. The lowest BCUT2D eigenvalue weighted by Crippen LogP contribution is -2.31. The molecule has 0 fully saturated rings. The number of hydrogen-bond acceptors (Lipinski definition) is 4. The molecule has 2 heterocycles. The summed E-state index contributed by atoms with van der Waals surface area (Å²) in [7, 11) is 0. The van der Waals surface area contributed by atoms with Crippen molar-refractivity contribution in [1.82, 2.24) is 19.5 Å². The number of carbonyl (C=O) groups excluding carboxylic acids is 1. The summed E-state index contributed by atoms with van der Waals surface area (Å²) in [5.74, 6) is -0.0371. The molecule has 0 atom stereocenters. The van der Waals surface area contributed by atoms with Crippen LogP contribution in [0.5, 0.6) is 0 Å².